The normalized spacial score (nSPS) is 24.5. The van der Waals surface area contributed by atoms with Crippen LogP contribution >= 0.6 is 11.6 Å². The lowest BCUT2D eigenvalue weighted by atomic mass is 10.1. The monoisotopic (exact) mass is 310 g/mol. The van der Waals surface area contributed by atoms with E-state index in [-0.39, 0.29) is 40.2 Å². The number of carbonyl (C=O) groups excluding carboxylic acids is 2. The van der Waals surface area contributed by atoms with Crippen molar-refractivity contribution >= 4 is 23.3 Å². The molecule has 0 N–H and O–H groups in total. The first-order valence-corrected chi connectivity index (χ1v) is 7.17. The fraction of sp³-hybridized carbons (Fsp3) is 0.500. The molecule has 3 heterocycles. The van der Waals surface area contributed by atoms with Crippen molar-refractivity contribution in [3.8, 4) is 0 Å². The van der Waals surface area contributed by atoms with Gasteiger partial charge in [0.15, 0.2) is 12.0 Å². The quantitative estimate of drug-likeness (QED) is 0.733. The number of pyridine rings is 1. The van der Waals surface area contributed by atoms with Gasteiger partial charge in [0.2, 0.25) is 5.43 Å². The second kappa shape index (κ2) is 4.96. The van der Waals surface area contributed by atoms with Crippen LogP contribution in [0.4, 0.5) is 0 Å². The van der Waals surface area contributed by atoms with E-state index < -0.39 is 5.43 Å². The van der Waals surface area contributed by atoms with Crippen LogP contribution in [0.2, 0.25) is 5.02 Å². The lowest BCUT2D eigenvalue weighted by Crippen LogP contribution is -2.57. The van der Waals surface area contributed by atoms with Crippen LogP contribution in [0.15, 0.2) is 11.0 Å². The highest BCUT2D eigenvalue weighted by Crippen LogP contribution is 2.28. The zero-order chi connectivity index (χ0) is 15.3. The first kappa shape index (κ1) is 14.3. The molecule has 1 aromatic heterocycles. The Balaban J connectivity index is 2.18. The van der Waals surface area contributed by atoms with Crippen LogP contribution < -0.4 is 5.43 Å². The van der Waals surface area contributed by atoms with Gasteiger partial charge < -0.3 is 14.2 Å². The largest absolute Gasteiger partial charge is 0.356 e. The maximum atomic E-state index is 12.6. The van der Waals surface area contributed by atoms with Gasteiger partial charge in [0.25, 0.3) is 5.91 Å². The number of carbonyl (C=O) groups is 2. The number of fused-ring (bicyclic) bond motifs is 2. The Kier molecular flexibility index (Phi) is 3.37. The Bertz CT molecular complexity index is 697. The van der Waals surface area contributed by atoms with Gasteiger partial charge in [-0.05, 0) is 20.3 Å². The molecular formula is C14H15ClN2O4. The summed E-state index contributed by atoms with van der Waals surface area (Å²) in [6.07, 6.45) is 1.77. The first-order valence-electron chi connectivity index (χ1n) is 6.80. The molecule has 2 aliphatic heterocycles. The molecular weight excluding hydrogens is 296 g/mol. The lowest BCUT2D eigenvalue weighted by Gasteiger charge is -2.44. The summed E-state index contributed by atoms with van der Waals surface area (Å²) in [4.78, 5) is 37.9. The third-order valence-corrected chi connectivity index (χ3v) is 4.37. The first-order chi connectivity index (χ1) is 9.91. The van der Waals surface area contributed by atoms with E-state index >= 15 is 0 Å². The minimum absolute atomic E-state index is 0.00569. The van der Waals surface area contributed by atoms with Gasteiger partial charge in [0.05, 0.1) is 18.7 Å². The van der Waals surface area contributed by atoms with Gasteiger partial charge in [0.1, 0.15) is 10.7 Å². The van der Waals surface area contributed by atoms with Crippen LogP contribution in [-0.4, -0.2) is 40.0 Å². The summed E-state index contributed by atoms with van der Waals surface area (Å²) in [6, 6.07) is 0.0312. The minimum atomic E-state index is -0.590. The van der Waals surface area contributed by atoms with Gasteiger partial charge in [-0.15, -0.1) is 0 Å². The molecule has 3 rings (SSSR count). The van der Waals surface area contributed by atoms with Crippen LogP contribution in [0.25, 0.3) is 0 Å². The van der Waals surface area contributed by atoms with Crippen molar-refractivity contribution in [3.63, 3.8) is 0 Å². The molecule has 1 saturated heterocycles. The van der Waals surface area contributed by atoms with Crippen molar-refractivity contribution in [2.24, 2.45) is 0 Å². The Hall–Kier alpha value is -1.66. The third-order valence-electron chi connectivity index (χ3n) is 4.02. The predicted octanol–water partition coefficient (Wildman–Crippen LogP) is 1.29. The number of hydrogen-bond acceptors (Lipinski definition) is 4. The molecule has 2 atom stereocenters. The number of aromatic nitrogens is 1. The molecule has 0 spiro atoms. The SMILES string of the molecule is CC(=O)c1cn2c(c(Cl)c1=O)C(=O)N1[C@H](C)CCO[C@H]1C2. The van der Waals surface area contributed by atoms with Gasteiger partial charge in [-0.1, -0.05) is 11.6 Å². The molecule has 21 heavy (non-hydrogen) atoms. The Labute approximate surface area is 126 Å². The summed E-state index contributed by atoms with van der Waals surface area (Å²) in [5.41, 5.74) is -0.457. The molecule has 0 aromatic carbocycles. The molecule has 0 saturated carbocycles. The molecule has 2 aliphatic rings. The molecule has 1 amide bonds. The van der Waals surface area contributed by atoms with Crippen molar-refractivity contribution in [1.29, 1.82) is 0 Å². The average Bonchev–Trinajstić information content (AvgIpc) is 2.42. The highest BCUT2D eigenvalue weighted by atomic mass is 35.5. The zero-order valence-corrected chi connectivity index (χ0v) is 12.5. The van der Waals surface area contributed by atoms with E-state index in [4.69, 9.17) is 16.3 Å². The van der Waals surface area contributed by atoms with Crippen molar-refractivity contribution in [2.75, 3.05) is 6.61 Å². The highest BCUT2D eigenvalue weighted by molar-refractivity contribution is 6.33. The van der Waals surface area contributed by atoms with E-state index in [0.717, 1.165) is 6.42 Å². The number of ketones is 1. The van der Waals surface area contributed by atoms with E-state index in [1.807, 2.05) is 6.92 Å². The van der Waals surface area contributed by atoms with Gasteiger partial charge in [-0.2, -0.15) is 0 Å². The van der Waals surface area contributed by atoms with Crippen LogP contribution in [0.1, 0.15) is 41.1 Å². The van der Waals surface area contributed by atoms with E-state index in [2.05, 4.69) is 0 Å². The number of amides is 1. The molecule has 1 aromatic rings. The summed E-state index contributed by atoms with van der Waals surface area (Å²) in [6.45, 7) is 4.19. The van der Waals surface area contributed by atoms with Crippen LogP contribution in [0, 0.1) is 0 Å². The lowest BCUT2D eigenvalue weighted by molar-refractivity contribution is -0.112. The summed E-state index contributed by atoms with van der Waals surface area (Å²) in [5.74, 6) is -0.694. The van der Waals surface area contributed by atoms with E-state index in [0.29, 0.717) is 13.2 Å². The molecule has 0 aliphatic carbocycles. The van der Waals surface area contributed by atoms with Crippen LogP contribution in [-0.2, 0) is 11.3 Å². The topological polar surface area (TPSA) is 68.6 Å². The smallest absolute Gasteiger partial charge is 0.274 e. The van der Waals surface area contributed by atoms with Crippen LogP contribution in [0.5, 0.6) is 0 Å². The third kappa shape index (κ3) is 2.10. The summed E-state index contributed by atoms with van der Waals surface area (Å²) >= 11 is 6.06. The number of Topliss-reactive ketones (excluding diaryl/α,β-unsaturated/α-hetero) is 1. The molecule has 1 fully saturated rings. The second-order valence-corrected chi connectivity index (χ2v) is 5.80. The molecule has 0 bridgehead atoms. The second-order valence-electron chi connectivity index (χ2n) is 5.42. The maximum absolute atomic E-state index is 12.6. The standard InChI is InChI=1S/C14H15ClN2O4/c1-7-3-4-21-10-6-16-5-9(8(2)18)13(19)11(15)12(16)14(20)17(7)10/h5,7,10H,3-4,6H2,1-2H3/t7-,10+/m1/s1. The Morgan fingerprint density at radius 3 is 2.81 bits per heavy atom. The maximum Gasteiger partial charge on any atom is 0.274 e. The summed E-state index contributed by atoms with van der Waals surface area (Å²) in [7, 11) is 0. The number of rotatable bonds is 1. The van der Waals surface area contributed by atoms with Crippen LogP contribution in [0.3, 0.4) is 0 Å². The van der Waals surface area contributed by atoms with E-state index in [1.165, 1.54) is 13.1 Å². The highest BCUT2D eigenvalue weighted by Gasteiger charge is 2.40. The molecule has 0 unspecified atom stereocenters. The van der Waals surface area contributed by atoms with Gasteiger partial charge in [-0.25, -0.2) is 0 Å². The van der Waals surface area contributed by atoms with Crippen molar-refractivity contribution in [3.05, 3.63) is 32.7 Å². The Morgan fingerprint density at radius 2 is 2.14 bits per heavy atom. The number of ether oxygens (including phenoxy) is 1. The van der Waals surface area contributed by atoms with Crippen molar-refractivity contribution < 1.29 is 14.3 Å². The number of halogens is 1. The fourth-order valence-corrected chi connectivity index (χ4v) is 3.17. The van der Waals surface area contributed by atoms with E-state index in [9.17, 15) is 14.4 Å². The van der Waals surface area contributed by atoms with Gasteiger partial charge in [0, 0.05) is 12.2 Å². The average molecular weight is 311 g/mol. The van der Waals surface area contributed by atoms with E-state index in [1.54, 1.807) is 9.47 Å². The van der Waals surface area contributed by atoms with Crippen molar-refractivity contribution in [1.82, 2.24) is 9.47 Å². The van der Waals surface area contributed by atoms with Gasteiger partial charge in [-0.3, -0.25) is 14.4 Å². The van der Waals surface area contributed by atoms with Crippen molar-refractivity contribution in [2.45, 2.75) is 39.1 Å². The molecule has 112 valence electrons. The molecule has 0 radical (unpaired) electrons. The summed E-state index contributed by atoms with van der Waals surface area (Å²) < 4.78 is 7.19. The molecule has 7 heteroatoms. The Morgan fingerprint density at radius 1 is 1.43 bits per heavy atom. The molecule has 6 nitrogen and oxygen atoms in total. The number of hydrogen-bond donors (Lipinski definition) is 0. The fourth-order valence-electron chi connectivity index (χ4n) is 2.88. The number of nitrogens with zero attached hydrogens (tertiary/aromatic N) is 2. The summed E-state index contributed by atoms with van der Waals surface area (Å²) in [5, 5.41) is -0.191. The zero-order valence-electron chi connectivity index (χ0n) is 11.8. The van der Waals surface area contributed by atoms with Gasteiger partial charge >= 0.3 is 0 Å². The minimum Gasteiger partial charge on any atom is -0.356 e. The predicted molar refractivity (Wildman–Crippen MR) is 75.7 cm³/mol.